The number of aromatic nitrogens is 3. The molecule has 2 aromatic heterocycles. The molecule has 0 saturated carbocycles. The average molecular weight is 376 g/mol. The third kappa shape index (κ3) is 2.60. The Morgan fingerprint density at radius 1 is 1.07 bits per heavy atom. The Bertz CT molecular complexity index is 1100. The molecule has 2 amide bonds. The van der Waals surface area contributed by atoms with Gasteiger partial charge in [-0.3, -0.25) is 14.3 Å². The summed E-state index contributed by atoms with van der Waals surface area (Å²) in [5.41, 5.74) is 1.45. The van der Waals surface area contributed by atoms with Crippen LogP contribution in [0.5, 0.6) is 5.75 Å². The van der Waals surface area contributed by atoms with Crippen LogP contribution in [0, 0.1) is 6.92 Å². The van der Waals surface area contributed by atoms with E-state index in [1.54, 1.807) is 14.0 Å². The first kappa shape index (κ1) is 17.0. The number of rotatable bonds is 2. The molecular formula is C17H11F3N4O3. The predicted molar refractivity (Wildman–Crippen MR) is 87.5 cm³/mol. The van der Waals surface area contributed by atoms with Crippen molar-refractivity contribution in [1.82, 2.24) is 14.8 Å². The van der Waals surface area contributed by atoms with Crippen molar-refractivity contribution >= 4 is 28.5 Å². The fourth-order valence-electron chi connectivity index (χ4n) is 3.15. The second kappa shape index (κ2) is 5.53. The van der Waals surface area contributed by atoms with Crippen molar-refractivity contribution in [3.8, 4) is 5.75 Å². The molecule has 4 rings (SSSR count). The van der Waals surface area contributed by atoms with E-state index in [4.69, 9.17) is 0 Å². The van der Waals surface area contributed by atoms with Gasteiger partial charge in [-0.25, -0.2) is 9.88 Å². The van der Waals surface area contributed by atoms with E-state index in [1.807, 2.05) is 0 Å². The van der Waals surface area contributed by atoms with Gasteiger partial charge in [-0.2, -0.15) is 5.10 Å². The summed E-state index contributed by atoms with van der Waals surface area (Å²) in [6.45, 7) is 1.70. The van der Waals surface area contributed by atoms with Crippen LogP contribution in [0.1, 0.15) is 26.4 Å². The molecule has 3 aromatic rings. The number of carbonyl (C=O) groups excluding carboxylic acids is 2. The van der Waals surface area contributed by atoms with Gasteiger partial charge in [-0.1, -0.05) is 0 Å². The molecule has 0 aliphatic carbocycles. The topological polar surface area (TPSA) is 77.3 Å². The third-order valence-corrected chi connectivity index (χ3v) is 4.21. The maximum Gasteiger partial charge on any atom is 0.573 e. The highest BCUT2D eigenvalue weighted by Gasteiger charge is 2.40. The van der Waals surface area contributed by atoms with Gasteiger partial charge in [0.25, 0.3) is 11.8 Å². The molecule has 3 heterocycles. The van der Waals surface area contributed by atoms with E-state index in [2.05, 4.69) is 14.8 Å². The van der Waals surface area contributed by atoms with Gasteiger partial charge in [0, 0.05) is 13.2 Å². The Morgan fingerprint density at radius 2 is 1.74 bits per heavy atom. The van der Waals surface area contributed by atoms with Crippen molar-refractivity contribution in [2.24, 2.45) is 7.05 Å². The average Bonchev–Trinajstić information content (AvgIpc) is 3.01. The lowest BCUT2D eigenvalue weighted by molar-refractivity contribution is -0.274. The number of amides is 2. The molecule has 1 aliphatic rings. The van der Waals surface area contributed by atoms with Crippen LogP contribution in [-0.2, 0) is 7.05 Å². The zero-order valence-electron chi connectivity index (χ0n) is 14.0. The van der Waals surface area contributed by atoms with Crippen LogP contribution < -0.4 is 9.64 Å². The summed E-state index contributed by atoms with van der Waals surface area (Å²) >= 11 is 0. The lowest BCUT2D eigenvalue weighted by Gasteiger charge is -2.15. The maximum absolute atomic E-state index is 12.9. The van der Waals surface area contributed by atoms with Crippen LogP contribution in [0.2, 0.25) is 0 Å². The Kier molecular flexibility index (Phi) is 3.48. The van der Waals surface area contributed by atoms with Crippen LogP contribution >= 0.6 is 0 Å². The highest BCUT2D eigenvalue weighted by molar-refractivity contribution is 6.37. The number of hydrogen-bond acceptors (Lipinski definition) is 5. The van der Waals surface area contributed by atoms with Crippen molar-refractivity contribution < 1.29 is 27.5 Å². The van der Waals surface area contributed by atoms with Gasteiger partial charge >= 0.3 is 6.36 Å². The van der Waals surface area contributed by atoms with E-state index in [1.165, 1.54) is 23.0 Å². The van der Waals surface area contributed by atoms with Crippen molar-refractivity contribution in [3.05, 3.63) is 47.3 Å². The van der Waals surface area contributed by atoms with Gasteiger partial charge in [-0.15, -0.1) is 13.2 Å². The molecule has 0 radical (unpaired) electrons. The minimum Gasteiger partial charge on any atom is -0.406 e. The predicted octanol–water partition coefficient (Wildman–Crippen LogP) is 2.98. The maximum atomic E-state index is 12.9. The molecule has 10 heteroatoms. The molecule has 7 nitrogen and oxygen atoms in total. The minimum absolute atomic E-state index is 0.124. The monoisotopic (exact) mass is 376 g/mol. The van der Waals surface area contributed by atoms with Crippen molar-refractivity contribution in [1.29, 1.82) is 0 Å². The first-order chi connectivity index (χ1) is 12.7. The summed E-state index contributed by atoms with van der Waals surface area (Å²) in [4.78, 5) is 30.7. The van der Waals surface area contributed by atoms with Crippen molar-refractivity contribution in [2.75, 3.05) is 4.90 Å². The second-order valence-corrected chi connectivity index (χ2v) is 5.94. The Balaban J connectivity index is 1.77. The molecule has 0 saturated heterocycles. The molecule has 0 fully saturated rings. The molecule has 0 bridgehead atoms. The molecule has 1 aliphatic heterocycles. The smallest absolute Gasteiger partial charge is 0.406 e. The Morgan fingerprint density at radius 3 is 2.37 bits per heavy atom. The van der Waals surface area contributed by atoms with E-state index >= 15 is 0 Å². The van der Waals surface area contributed by atoms with Crippen LogP contribution in [0.25, 0.3) is 11.0 Å². The molecule has 138 valence electrons. The third-order valence-electron chi connectivity index (χ3n) is 4.21. The van der Waals surface area contributed by atoms with Gasteiger partial charge in [-0.05, 0) is 31.2 Å². The summed E-state index contributed by atoms with van der Waals surface area (Å²) in [7, 11) is 1.67. The van der Waals surface area contributed by atoms with Crippen LogP contribution in [0.15, 0.2) is 30.5 Å². The summed E-state index contributed by atoms with van der Waals surface area (Å²) in [5.74, 6) is -1.63. The number of fused-ring (bicyclic) bond motifs is 3. The first-order valence-electron chi connectivity index (χ1n) is 7.74. The molecule has 27 heavy (non-hydrogen) atoms. The molecule has 1 aromatic carbocycles. The zero-order chi connectivity index (χ0) is 19.5. The molecule has 0 atom stereocenters. The normalized spacial score (nSPS) is 14.2. The minimum atomic E-state index is -4.83. The van der Waals surface area contributed by atoms with Crippen molar-refractivity contribution in [3.63, 3.8) is 0 Å². The van der Waals surface area contributed by atoms with E-state index in [0.29, 0.717) is 16.7 Å². The summed E-state index contributed by atoms with van der Waals surface area (Å²) < 4.78 is 42.1. The van der Waals surface area contributed by atoms with Crippen molar-refractivity contribution in [2.45, 2.75) is 13.3 Å². The number of nitrogens with zero attached hydrogens (tertiary/aromatic N) is 4. The van der Waals surface area contributed by atoms with Gasteiger partial charge in [0.05, 0.1) is 27.9 Å². The highest BCUT2D eigenvalue weighted by Crippen LogP contribution is 2.34. The standard InChI is InChI=1S/C17H11F3N4O3/c1-8-12-13-11(7-21-14(12)23(2)22-8)15(25)24(16(13)26)9-3-5-10(6-4-9)27-17(18,19)20/h3-7H,1-2H3. The summed E-state index contributed by atoms with van der Waals surface area (Å²) in [6, 6.07) is 4.50. The fourth-order valence-corrected chi connectivity index (χ4v) is 3.15. The van der Waals surface area contributed by atoms with Gasteiger partial charge in [0.2, 0.25) is 0 Å². The van der Waals surface area contributed by atoms with Crippen LogP contribution in [0.3, 0.4) is 0 Å². The zero-order valence-corrected chi connectivity index (χ0v) is 14.0. The number of aryl methyl sites for hydroxylation is 2. The van der Waals surface area contributed by atoms with Crippen LogP contribution in [0.4, 0.5) is 18.9 Å². The first-order valence-corrected chi connectivity index (χ1v) is 7.74. The van der Waals surface area contributed by atoms with E-state index in [-0.39, 0.29) is 16.8 Å². The Hall–Kier alpha value is -3.43. The number of hydrogen-bond donors (Lipinski definition) is 0. The summed E-state index contributed by atoms with van der Waals surface area (Å²) in [5, 5.41) is 4.70. The molecule has 0 unspecified atom stereocenters. The quantitative estimate of drug-likeness (QED) is 0.643. The van der Waals surface area contributed by atoms with E-state index in [9.17, 15) is 22.8 Å². The second-order valence-electron chi connectivity index (χ2n) is 5.94. The molecule has 0 N–H and O–H groups in total. The van der Waals surface area contributed by atoms with Crippen LogP contribution in [-0.4, -0.2) is 32.9 Å². The number of anilines is 1. The number of imide groups is 1. The van der Waals surface area contributed by atoms with E-state index in [0.717, 1.165) is 17.0 Å². The summed E-state index contributed by atoms with van der Waals surface area (Å²) in [6.07, 6.45) is -3.52. The number of ether oxygens (including phenoxy) is 1. The highest BCUT2D eigenvalue weighted by atomic mass is 19.4. The lowest BCUT2D eigenvalue weighted by Crippen LogP contribution is -2.29. The van der Waals surface area contributed by atoms with Gasteiger partial charge < -0.3 is 4.74 Å². The number of pyridine rings is 1. The number of alkyl halides is 3. The SMILES string of the molecule is Cc1nn(C)c2ncc3c(c12)C(=O)N(c1ccc(OC(F)(F)F)cc1)C3=O. The number of benzene rings is 1. The Labute approximate surface area is 150 Å². The lowest BCUT2D eigenvalue weighted by atomic mass is 10.1. The van der Waals surface area contributed by atoms with Gasteiger partial charge in [0.1, 0.15) is 5.75 Å². The van der Waals surface area contributed by atoms with Gasteiger partial charge in [0.15, 0.2) is 5.65 Å². The largest absolute Gasteiger partial charge is 0.573 e. The number of halogens is 3. The van der Waals surface area contributed by atoms with E-state index < -0.39 is 23.9 Å². The number of carbonyl (C=O) groups is 2. The molecular weight excluding hydrogens is 365 g/mol. The fraction of sp³-hybridized carbons (Fsp3) is 0.176. The molecule has 0 spiro atoms.